The molecule has 0 amide bonds. The number of hydrogen-bond acceptors (Lipinski definition) is 2. The van der Waals surface area contributed by atoms with Crippen molar-refractivity contribution in [2.45, 2.75) is 26.2 Å². The van der Waals surface area contributed by atoms with Crippen LogP contribution in [-0.2, 0) is 0 Å². The van der Waals surface area contributed by atoms with Crippen molar-refractivity contribution >= 4 is 22.9 Å². The highest BCUT2D eigenvalue weighted by molar-refractivity contribution is 7.80. The van der Waals surface area contributed by atoms with Crippen molar-refractivity contribution < 1.29 is 4.39 Å². The fraction of sp³-hybridized carbons (Fsp3) is 0.462. The molecule has 2 rings (SSSR count). The predicted octanol–water partition coefficient (Wildman–Crippen LogP) is 3.06. The van der Waals surface area contributed by atoms with E-state index in [2.05, 4.69) is 12.2 Å². The van der Waals surface area contributed by atoms with E-state index in [0.29, 0.717) is 16.7 Å². The van der Waals surface area contributed by atoms with Crippen LogP contribution in [0.1, 0.15) is 31.7 Å². The van der Waals surface area contributed by atoms with Gasteiger partial charge in [0, 0.05) is 12.2 Å². The van der Waals surface area contributed by atoms with E-state index < -0.39 is 0 Å². The van der Waals surface area contributed by atoms with Gasteiger partial charge in [-0.1, -0.05) is 25.2 Å². The van der Waals surface area contributed by atoms with E-state index in [9.17, 15) is 4.39 Å². The van der Waals surface area contributed by atoms with E-state index in [-0.39, 0.29) is 10.8 Å². The summed E-state index contributed by atoms with van der Waals surface area (Å²) in [6.45, 7) is 3.05. The molecule has 0 heterocycles. The summed E-state index contributed by atoms with van der Waals surface area (Å²) in [7, 11) is 0. The van der Waals surface area contributed by atoms with Gasteiger partial charge in [0.1, 0.15) is 10.8 Å². The fourth-order valence-corrected chi connectivity index (χ4v) is 2.24. The van der Waals surface area contributed by atoms with E-state index >= 15 is 0 Å². The first-order valence-electron chi connectivity index (χ1n) is 5.90. The van der Waals surface area contributed by atoms with Crippen molar-refractivity contribution in [1.82, 2.24) is 0 Å². The summed E-state index contributed by atoms with van der Waals surface area (Å²) >= 11 is 4.89. The maximum atomic E-state index is 13.6. The van der Waals surface area contributed by atoms with E-state index in [1.54, 1.807) is 6.07 Å². The number of nitrogens with one attached hydrogen (secondary N) is 1. The second-order valence-electron chi connectivity index (χ2n) is 4.73. The molecule has 0 bridgehead atoms. The number of hydrogen-bond donors (Lipinski definition) is 2. The van der Waals surface area contributed by atoms with Crippen LogP contribution in [0.4, 0.5) is 10.1 Å². The molecule has 0 unspecified atom stereocenters. The van der Waals surface area contributed by atoms with Gasteiger partial charge in [0.05, 0.1) is 5.56 Å². The average Bonchev–Trinajstić information content (AvgIpc) is 3.06. The van der Waals surface area contributed by atoms with Crippen LogP contribution in [0.2, 0.25) is 0 Å². The van der Waals surface area contributed by atoms with Crippen LogP contribution in [0.5, 0.6) is 0 Å². The molecule has 0 aliphatic heterocycles. The van der Waals surface area contributed by atoms with Crippen molar-refractivity contribution in [2.75, 3.05) is 11.9 Å². The summed E-state index contributed by atoms with van der Waals surface area (Å²) < 4.78 is 13.6. The minimum absolute atomic E-state index is 0.104. The normalized spacial score (nSPS) is 16.6. The van der Waals surface area contributed by atoms with E-state index in [1.165, 1.54) is 18.9 Å². The van der Waals surface area contributed by atoms with Crippen LogP contribution < -0.4 is 11.1 Å². The van der Waals surface area contributed by atoms with E-state index in [4.69, 9.17) is 18.0 Å². The fourth-order valence-electron chi connectivity index (χ4n) is 2.04. The highest BCUT2D eigenvalue weighted by Crippen LogP contribution is 2.48. The summed E-state index contributed by atoms with van der Waals surface area (Å²) in [6.07, 6.45) is 3.64. The molecule has 1 aromatic carbocycles. The van der Waals surface area contributed by atoms with E-state index in [1.807, 2.05) is 6.07 Å². The van der Waals surface area contributed by atoms with Gasteiger partial charge in [-0.2, -0.15) is 0 Å². The molecular formula is C13H17FN2S. The number of rotatable bonds is 5. The maximum Gasteiger partial charge on any atom is 0.135 e. The zero-order valence-electron chi connectivity index (χ0n) is 9.92. The van der Waals surface area contributed by atoms with Gasteiger partial charge in [0.25, 0.3) is 0 Å². The second-order valence-corrected chi connectivity index (χ2v) is 5.17. The lowest BCUT2D eigenvalue weighted by Crippen LogP contribution is -2.19. The van der Waals surface area contributed by atoms with Crippen molar-refractivity contribution in [2.24, 2.45) is 11.1 Å². The highest BCUT2D eigenvalue weighted by atomic mass is 32.1. The Kier molecular flexibility index (Phi) is 3.33. The molecule has 0 radical (unpaired) electrons. The van der Waals surface area contributed by atoms with Crippen molar-refractivity contribution in [3.05, 3.63) is 29.6 Å². The van der Waals surface area contributed by atoms with Crippen LogP contribution in [0.3, 0.4) is 0 Å². The molecule has 2 nitrogen and oxygen atoms in total. The van der Waals surface area contributed by atoms with Gasteiger partial charge in [0.2, 0.25) is 0 Å². The molecular weight excluding hydrogens is 235 g/mol. The number of halogens is 1. The largest absolute Gasteiger partial charge is 0.389 e. The minimum Gasteiger partial charge on any atom is -0.389 e. The Hall–Kier alpha value is -1.16. The Morgan fingerprint density at radius 3 is 2.76 bits per heavy atom. The topological polar surface area (TPSA) is 38.0 Å². The molecule has 0 spiro atoms. The van der Waals surface area contributed by atoms with Crippen LogP contribution in [0, 0.1) is 11.2 Å². The number of anilines is 1. The van der Waals surface area contributed by atoms with Crippen LogP contribution in [-0.4, -0.2) is 11.5 Å². The summed E-state index contributed by atoms with van der Waals surface area (Å²) in [6, 6.07) is 4.88. The zero-order valence-corrected chi connectivity index (χ0v) is 10.7. The molecule has 1 aliphatic carbocycles. The number of nitrogens with two attached hydrogens (primary N) is 1. The quantitative estimate of drug-likeness (QED) is 0.791. The summed E-state index contributed by atoms with van der Waals surface area (Å²) in [5, 5.41) is 3.28. The first-order chi connectivity index (χ1) is 8.08. The molecule has 92 valence electrons. The standard InChI is InChI=1S/C13H17FN2S/c1-2-13(6-7-13)8-16-10-5-3-4-9(14)11(10)12(15)17/h3-5,16H,2,6-8H2,1H3,(H2,15,17). The molecule has 4 heteroatoms. The molecule has 1 aliphatic rings. The lowest BCUT2D eigenvalue weighted by molar-refractivity contribution is 0.521. The third-order valence-electron chi connectivity index (χ3n) is 3.62. The molecule has 1 saturated carbocycles. The van der Waals surface area contributed by atoms with Crippen molar-refractivity contribution in [3.8, 4) is 0 Å². The minimum atomic E-state index is -0.358. The SMILES string of the molecule is CCC1(CNc2cccc(F)c2C(N)=S)CC1. The smallest absolute Gasteiger partial charge is 0.135 e. The summed E-state index contributed by atoms with van der Waals surface area (Å²) in [5.41, 5.74) is 6.99. The van der Waals surface area contributed by atoms with Crippen LogP contribution in [0.25, 0.3) is 0 Å². The van der Waals surface area contributed by atoms with Crippen molar-refractivity contribution in [1.29, 1.82) is 0 Å². The average molecular weight is 252 g/mol. The zero-order chi connectivity index (χ0) is 12.5. The molecule has 3 N–H and O–H groups in total. The molecule has 1 fully saturated rings. The Morgan fingerprint density at radius 1 is 1.53 bits per heavy atom. The molecule has 0 aromatic heterocycles. The van der Waals surface area contributed by atoms with Gasteiger partial charge in [-0.25, -0.2) is 4.39 Å². The molecule has 0 saturated heterocycles. The molecule has 17 heavy (non-hydrogen) atoms. The van der Waals surface area contributed by atoms with Gasteiger partial charge < -0.3 is 11.1 Å². The third kappa shape index (κ3) is 2.57. The first kappa shape index (κ1) is 12.3. The van der Waals surface area contributed by atoms with Gasteiger partial charge in [-0.3, -0.25) is 0 Å². The van der Waals surface area contributed by atoms with Crippen LogP contribution >= 0.6 is 12.2 Å². The van der Waals surface area contributed by atoms with Crippen molar-refractivity contribution in [3.63, 3.8) is 0 Å². The van der Waals surface area contributed by atoms with Gasteiger partial charge in [-0.05, 0) is 36.8 Å². The highest BCUT2D eigenvalue weighted by Gasteiger charge is 2.40. The Labute approximate surface area is 106 Å². The number of thiocarbonyl (C=S) groups is 1. The first-order valence-corrected chi connectivity index (χ1v) is 6.31. The summed E-state index contributed by atoms with van der Waals surface area (Å²) in [5.74, 6) is -0.358. The summed E-state index contributed by atoms with van der Waals surface area (Å²) in [4.78, 5) is 0.104. The Bertz CT molecular complexity index is 441. The number of benzene rings is 1. The lowest BCUT2D eigenvalue weighted by atomic mass is 10.0. The Morgan fingerprint density at radius 2 is 2.24 bits per heavy atom. The van der Waals surface area contributed by atoms with Crippen LogP contribution in [0.15, 0.2) is 18.2 Å². The van der Waals surface area contributed by atoms with Gasteiger partial charge in [0.15, 0.2) is 0 Å². The van der Waals surface area contributed by atoms with E-state index in [0.717, 1.165) is 13.0 Å². The third-order valence-corrected chi connectivity index (χ3v) is 3.83. The molecule has 0 atom stereocenters. The maximum absolute atomic E-state index is 13.6. The monoisotopic (exact) mass is 252 g/mol. The van der Waals surface area contributed by atoms with Gasteiger partial charge >= 0.3 is 0 Å². The van der Waals surface area contributed by atoms with Gasteiger partial charge in [-0.15, -0.1) is 0 Å². The lowest BCUT2D eigenvalue weighted by Gasteiger charge is -2.17. The second kappa shape index (κ2) is 4.61. The molecule has 1 aromatic rings. The predicted molar refractivity (Wildman–Crippen MR) is 72.7 cm³/mol. The Balaban J connectivity index is 2.15.